The Kier molecular flexibility index (Phi) is 6.69. The molecule has 1 aromatic heterocycles. The standard InChI is InChI=1S/C22H27N3O4/c1-3-12-25(22(28)19-15-16-6-4-5-7-18(16)23-19)17-10-13-24(14-11-17)20(26)8-9-21(27)29-2/h3-7,15,17,23H,1,8-14H2,2H3. The number of nitrogens with zero attached hydrogens (tertiary/aromatic N) is 2. The fourth-order valence-electron chi connectivity index (χ4n) is 3.78. The lowest BCUT2D eigenvalue weighted by molar-refractivity contribution is -0.144. The fourth-order valence-corrected chi connectivity index (χ4v) is 3.78. The number of rotatable bonds is 7. The summed E-state index contributed by atoms with van der Waals surface area (Å²) >= 11 is 0. The Morgan fingerprint density at radius 3 is 2.62 bits per heavy atom. The highest BCUT2D eigenvalue weighted by Crippen LogP contribution is 2.22. The molecule has 1 aliphatic heterocycles. The van der Waals surface area contributed by atoms with Gasteiger partial charge in [0.1, 0.15) is 5.69 Å². The molecular formula is C22H27N3O4. The Balaban J connectivity index is 1.63. The maximum atomic E-state index is 13.1. The van der Waals surface area contributed by atoms with Crippen molar-refractivity contribution in [2.45, 2.75) is 31.7 Å². The van der Waals surface area contributed by atoms with Crippen LogP contribution in [0.15, 0.2) is 43.0 Å². The zero-order valence-corrected chi connectivity index (χ0v) is 16.7. The van der Waals surface area contributed by atoms with E-state index in [4.69, 9.17) is 0 Å². The number of amides is 2. The van der Waals surface area contributed by atoms with E-state index in [-0.39, 0.29) is 36.7 Å². The van der Waals surface area contributed by atoms with Gasteiger partial charge in [0, 0.05) is 43.0 Å². The molecule has 29 heavy (non-hydrogen) atoms. The van der Waals surface area contributed by atoms with Crippen LogP contribution in [-0.2, 0) is 14.3 Å². The summed E-state index contributed by atoms with van der Waals surface area (Å²) in [7, 11) is 1.32. The second kappa shape index (κ2) is 9.41. The second-order valence-corrected chi connectivity index (χ2v) is 7.20. The van der Waals surface area contributed by atoms with Crippen LogP contribution in [0.1, 0.15) is 36.2 Å². The Morgan fingerprint density at radius 2 is 1.97 bits per heavy atom. The number of hydrogen-bond acceptors (Lipinski definition) is 4. The first-order valence-corrected chi connectivity index (χ1v) is 9.87. The molecule has 0 bridgehead atoms. The van der Waals surface area contributed by atoms with Gasteiger partial charge in [-0.15, -0.1) is 6.58 Å². The maximum Gasteiger partial charge on any atom is 0.306 e. The molecule has 0 spiro atoms. The Bertz CT molecular complexity index is 863. The number of fused-ring (bicyclic) bond motifs is 1. The summed E-state index contributed by atoms with van der Waals surface area (Å²) in [5.74, 6) is -0.489. The molecule has 2 aromatic rings. The number of piperidine rings is 1. The lowest BCUT2D eigenvalue weighted by Gasteiger charge is -2.38. The molecule has 0 saturated carbocycles. The van der Waals surface area contributed by atoms with Gasteiger partial charge in [-0.2, -0.15) is 0 Å². The summed E-state index contributed by atoms with van der Waals surface area (Å²) < 4.78 is 4.59. The molecule has 0 radical (unpaired) electrons. The van der Waals surface area contributed by atoms with Crippen LogP contribution in [-0.4, -0.2) is 65.4 Å². The highest BCUT2D eigenvalue weighted by atomic mass is 16.5. The van der Waals surface area contributed by atoms with Gasteiger partial charge in [0.05, 0.1) is 13.5 Å². The van der Waals surface area contributed by atoms with Crippen molar-refractivity contribution >= 4 is 28.7 Å². The first-order chi connectivity index (χ1) is 14.0. The van der Waals surface area contributed by atoms with Crippen molar-refractivity contribution in [2.75, 3.05) is 26.7 Å². The van der Waals surface area contributed by atoms with E-state index in [1.165, 1.54) is 7.11 Å². The van der Waals surface area contributed by atoms with Gasteiger partial charge in [-0.1, -0.05) is 24.3 Å². The third-order valence-corrected chi connectivity index (χ3v) is 5.38. The Morgan fingerprint density at radius 1 is 1.24 bits per heavy atom. The molecule has 1 aliphatic rings. The van der Waals surface area contributed by atoms with Crippen molar-refractivity contribution in [3.63, 3.8) is 0 Å². The molecule has 7 nitrogen and oxygen atoms in total. The number of methoxy groups -OCH3 is 1. The number of nitrogens with one attached hydrogen (secondary N) is 1. The molecule has 154 valence electrons. The molecule has 2 heterocycles. The number of ether oxygens (including phenoxy) is 1. The molecule has 3 rings (SSSR count). The number of likely N-dealkylation sites (tertiary alicyclic amines) is 1. The van der Waals surface area contributed by atoms with E-state index in [0.29, 0.717) is 38.2 Å². The molecule has 0 atom stereocenters. The van der Waals surface area contributed by atoms with E-state index in [0.717, 1.165) is 10.9 Å². The number of esters is 1. The van der Waals surface area contributed by atoms with E-state index in [2.05, 4.69) is 16.3 Å². The number of para-hydroxylation sites is 1. The quantitative estimate of drug-likeness (QED) is 0.575. The fraction of sp³-hybridized carbons (Fsp3) is 0.409. The first kappa shape index (κ1) is 20.6. The van der Waals surface area contributed by atoms with E-state index in [1.54, 1.807) is 11.0 Å². The molecular weight excluding hydrogens is 370 g/mol. The normalized spacial score (nSPS) is 14.6. The molecule has 1 fully saturated rings. The lowest BCUT2D eigenvalue weighted by Crippen LogP contribution is -2.49. The number of H-pyrrole nitrogens is 1. The minimum absolute atomic E-state index is 0.0385. The van der Waals surface area contributed by atoms with Crippen molar-refractivity contribution in [3.05, 3.63) is 48.7 Å². The van der Waals surface area contributed by atoms with Crippen LogP contribution in [0.25, 0.3) is 10.9 Å². The van der Waals surface area contributed by atoms with Gasteiger partial charge in [0.25, 0.3) is 5.91 Å². The van der Waals surface area contributed by atoms with Crippen LogP contribution in [0.5, 0.6) is 0 Å². The van der Waals surface area contributed by atoms with Gasteiger partial charge < -0.3 is 19.5 Å². The number of carbonyl (C=O) groups excluding carboxylic acids is 3. The van der Waals surface area contributed by atoms with E-state index in [1.807, 2.05) is 35.2 Å². The van der Waals surface area contributed by atoms with Gasteiger partial charge in [-0.05, 0) is 25.0 Å². The molecule has 1 saturated heterocycles. The van der Waals surface area contributed by atoms with Crippen molar-refractivity contribution in [2.24, 2.45) is 0 Å². The zero-order chi connectivity index (χ0) is 20.8. The Hall–Kier alpha value is -3.09. The summed E-state index contributed by atoms with van der Waals surface area (Å²) in [6.45, 7) is 5.38. The minimum Gasteiger partial charge on any atom is -0.469 e. The highest BCUT2D eigenvalue weighted by molar-refractivity contribution is 5.98. The predicted octanol–water partition coefficient (Wildman–Crippen LogP) is 2.74. The third-order valence-electron chi connectivity index (χ3n) is 5.38. The lowest BCUT2D eigenvalue weighted by atomic mass is 10.0. The summed E-state index contributed by atoms with van der Waals surface area (Å²) in [6.07, 6.45) is 3.38. The average Bonchev–Trinajstić information content (AvgIpc) is 3.19. The highest BCUT2D eigenvalue weighted by Gasteiger charge is 2.30. The van der Waals surface area contributed by atoms with Gasteiger partial charge in [-0.25, -0.2) is 0 Å². The van der Waals surface area contributed by atoms with E-state index < -0.39 is 0 Å². The maximum absolute atomic E-state index is 13.1. The number of aromatic amines is 1. The molecule has 7 heteroatoms. The third kappa shape index (κ3) is 4.85. The van der Waals surface area contributed by atoms with Crippen molar-refractivity contribution in [1.82, 2.24) is 14.8 Å². The topological polar surface area (TPSA) is 82.7 Å². The van der Waals surface area contributed by atoms with Crippen LogP contribution in [0.2, 0.25) is 0 Å². The largest absolute Gasteiger partial charge is 0.469 e. The smallest absolute Gasteiger partial charge is 0.306 e. The number of aromatic nitrogens is 1. The van der Waals surface area contributed by atoms with Crippen molar-refractivity contribution in [3.8, 4) is 0 Å². The van der Waals surface area contributed by atoms with E-state index >= 15 is 0 Å². The summed E-state index contributed by atoms with van der Waals surface area (Å²) in [6, 6.07) is 9.71. The SMILES string of the molecule is C=CCN(C(=O)c1cc2ccccc2[nH]1)C1CCN(C(=O)CCC(=O)OC)CC1. The van der Waals surface area contributed by atoms with Crippen LogP contribution in [0.3, 0.4) is 0 Å². The van der Waals surface area contributed by atoms with Gasteiger partial charge in [0.15, 0.2) is 0 Å². The molecule has 1 N–H and O–H groups in total. The van der Waals surface area contributed by atoms with Crippen LogP contribution in [0.4, 0.5) is 0 Å². The van der Waals surface area contributed by atoms with Crippen LogP contribution in [0, 0.1) is 0 Å². The molecule has 0 aliphatic carbocycles. The average molecular weight is 397 g/mol. The van der Waals surface area contributed by atoms with Gasteiger partial charge in [-0.3, -0.25) is 14.4 Å². The van der Waals surface area contributed by atoms with Crippen LogP contribution >= 0.6 is 0 Å². The van der Waals surface area contributed by atoms with Crippen LogP contribution < -0.4 is 0 Å². The monoisotopic (exact) mass is 397 g/mol. The van der Waals surface area contributed by atoms with Gasteiger partial charge >= 0.3 is 5.97 Å². The van der Waals surface area contributed by atoms with Crippen molar-refractivity contribution < 1.29 is 19.1 Å². The first-order valence-electron chi connectivity index (χ1n) is 9.87. The molecule has 1 aromatic carbocycles. The second-order valence-electron chi connectivity index (χ2n) is 7.20. The van der Waals surface area contributed by atoms with Gasteiger partial charge in [0.2, 0.25) is 5.91 Å². The number of hydrogen-bond donors (Lipinski definition) is 1. The van der Waals surface area contributed by atoms with Crippen molar-refractivity contribution in [1.29, 1.82) is 0 Å². The Labute approximate surface area is 170 Å². The molecule has 2 amide bonds. The molecule has 0 unspecified atom stereocenters. The number of carbonyl (C=O) groups is 3. The zero-order valence-electron chi connectivity index (χ0n) is 16.7. The van der Waals surface area contributed by atoms with E-state index in [9.17, 15) is 14.4 Å². The predicted molar refractivity (Wildman–Crippen MR) is 110 cm³/mol. The summed E-state index contributed by atoms with van der Waals surface area (Å²) in [5.41, 5.74) is 1.49. The number of benzene rings is 1. The minimum atomic E-state index is -0.380. The summed E-state index contributed by atoms with van der Waals surface area (Å²) in [5, 5.41) is 1.00. The summed E-state index contributed by atoms with van der Waals surface area (Å²) in [4.78, 5) is 43.5.